The molecule has 2 heteroatoms. The van der Waals surface area contributed by atoms with Gasteiger partial charge in [0.25, 0.3) is 0 Å². The van der Waals surface area contributed by atoms with Gasteiger partial charge in [-0.25, -0.2) is 0 Å². The first-order valence-corrected chi connectivity index (χ1v) is 8.40. The van der Waals surface area contributed by atoms with Crippen molar-refractivity contribution in [2.45, 2.75) is 105 Å². The molecule has 0 unspecified atom stereocenters. The van der Waals surface area contributed by atoms with E-state index >= 15 is 0 Å². The molecule has 0 saturated carbocycles. The van der Waals surface area contributed by atoms with Gasteiger partial charge in [-0.1, -0.05) is 83.1 Å². The smallest absolute Gasteiger partial charge is 0.0724 e. The lowest BCUT2D eigenvalue weighted by Crippen LogP contribution is -2.34. The predicted octanol–water partition coefficient (Wildman–Crippen LogP) is 5.67. The zero-order chi connectivity index (χ0) is 17.7. The Morgan fingerprint density at radius 3 is 0.773 bits per heavy atom. The molecule has 0 aliphatic rings. The van der Waals surface area contributed by atoms with Crippen molar-refractivity contribution in [1.29, 1.82) is 0 Å². The molecule has 22 heavy (non-hydrogen) atoms. The van der Waals surface area contributed by atoms with Crippen LogP contribution in [0.15, 0.2) is 0 Å². The summed E-state index contributed by atoms with van der Waals surface area (Å²) in [6.45, 7) is 27.1. The van der Waals surface area contributed by atoms with E-state index in [-0.39, 0.29) is 21.7 Å². The number of hydrogen-bond acceptors (Lipinski definition) is 2. The van der Waals surface area contributed by atoms with Gasteiger partial charge >= 0.3 is 0 Å². The molecule has 0 aromatic carbocycles. The minimum absolute atomic E-state index is 0.00791. The van der Waals surface area contributed by atoms with Crippen molar-refractivity contribution in [3.63, 3.8) is 0 Å². The van der Waals surface area contributed by atoms with Crippen LogP contribution in [0.1, 0.15) is 106 Å². The molecule has 1 aromatic rings. The molecule has 0 spiro atoms. The summed E-state index contributed by atoms with van der Waals surface area (Å²) in [5.41, 5.74) is 5.11. The lowest BCUT2D eigenvalue weighted by molar-refractivity contribution is 0.446. The van der Waals surface area contributed by atoms with E-state index in [0.29, 0.717) is 0 Å². The fourth-order valence-corrected chi connectivity index (χ4v) is 2.95. The van der Waals surface area contributed by atoms with Gasteiger partial charge in [0.1, 0.15) is 0 Å². The summed E-state index contributed by atoms with van der Waals surface area (Å²) in [4.78, 5) is 0. The highest BCUT2D eigenvalue weighted by Crippen LogP contribution is 2.43. The molecular weight excluding hydrogens is 268 g/mol. The van der Waals surface area contributed by atoms with Gasteiger partial charge in [0.15, 0.2) is 0 Å². The second-order valence-corrected chi connectivity index (χ2v) is 10.6. The van der Waals surface area contributed by atoms with Gasteiger partial charge < -0.3 is 0 Å². The van der Waals surface area contributed by atoms with Gasteiger partial charge in [0.05, 0.1) is 11.4 Å². The van der Waals surface area contributed by atoms with E-state index in [1.54, 1.807) is 0 Å². The van der Waals surface area contributed by atoms with Gasteiger partial charge in [0, 0.05) is 10.8 Å². The van der Waals surface area contributed by atoms with E-state index in [9.17, 15) is 0 Å². The highest BCUT2D eigenvalue weighted by molar-refractivity contribution is 5.46. The van der Waals surface area contributed by atoms with Crippen molar-refractivity contribution in [3.05, 3.63) is 22.5 Å². The maximum Gasteiger partial charge on any atom is 0.0724 e. The van der Waals surface area contributed by atoms with Crippen LogP contribution >= 0.6 is 0 Å². The zero-order valence-corrected chi connectivity index (χ0v) is 16.9. The summed E-state index contributed by atoms with van der Waals surface area (Å²) in [5, 5.41) is 9.41. The molecule has 2 nitrogen and oxygen atoms in total. The summed E-state index contributed by atoms with van der Waals surface area (Å²) < 4.78 is 0. The largest absolute Gasteiger partial charge is 0.154 e. The molecule has 0 fully saturated rings. The predicted molar refractivity (Wildman–Crippen MR) is 96.8 cm³/mol. The summed E-state index contributed by atoms with van der Waals surface area (Å²) in [6.07, 6.45) is 0. The lowest BCUT2D eigenvalue weighted by atomic mass is 9.68. The summed E-state index contributed by atoms with van der Waals surface area (Å²) in [7, 11) is 0. The van der Waals surface area contributed by atoms with Crippen molar-refractivity contribution in [3.8, 4) is 0 Å². The minimum Gasteiger partial charge on any atom is -0.154 e. The summed E-state index contributed by atoms with van der Waals surface area (Å²) >= 11 is 0. The Morgan fingerprint density at radius 2 is 0.636 bits per heavy atom. The van der Waals surface area contributed by atoms with Gasteiger partial charge in [-0.15, -0.1) is 0 Å². The second-order valence-electron chi connectivity index (χ2n) is 10.6. The molecule has 0 amide bonds. The molecule has 0 atom stereocenters. The average molecular weight is 305 g/mol. The number of aromatic nitrogens is 2. The molecule has 126 valence electrons. The zero-order valence-electron chi connectivity index (χ0n) is 16.9. The van der Waals surface area contributed by atoms with Crippen LogP contribution in [0.25, 0.3) is 0 Å². The van der Waals surface area contributed by atoms with Crippen LogP contribution < -0.4 is 0 Å². The van der Waals surface area contributed by atoms with Crippen molar-refractivity contribution in [2.24, 2.45) is 0 Å². The Hall–Kier alpha value is -0.920. The highest BCUT2D eigenvalue weighted by atomic mass is 15.1. The molecule has 0 aliphatic heterocycles. The topological polar surface area (TPSA) is 25.8 Å². The van der Waals surface area contributed by atoms with Crippen molar-refractivity contribution >= 4 is 0 Å². The average Bonchev–Trinajstić information content (AvgIpc) is 2.22. The summed E-state index contributed by atoms with van der Waals surface area (Å²) in [6, 6.07) is 0. The van der Waals surface area contributed by atoms with Gasteiger partial charge in [0.2, 0.25) is 0 Å². The Labute approximate surface area is 138 Å². The van der Waals surface area contributed by atoms with E-state index in [1.807, 2.05) is 0 Å². The Kier molecular flexibility index (Phi) is 4.62. The Morgan fingerprint density at radius 1 is 0.409 bits per heavy atom. The van der Waals surface area contributed by atoms with E-state index in [0.717, 1.165) is 11.4 Å². The van der Waals surface area contributed by atoms with Crippen LogP contribution in [0.3, 0.4) is 0 Å². The van der Waals surface area contributed by atoms with Gasteiger partial charge in [-0.2, -0.15) is 10.2 Å². The molecule has 1 aromatic heterocycles. The molecule has 0 N–H and O–H groups in total. The van der Waals surface area contributed by atoms with Crippen LogP contribution in [0.4, 0.5) is 0 Å². The third-order valence-electron chi connectivity index (χ3n) is 3.89. The molecule has 0 aliphatic carbocycles. The Bertz CT molecular complexity index is 490. The normalized spacial score (nSPS) is 14.4. The van der Waals surface area contributed by atoms with Crippen LogP contribution in [0.5, 0.6) is 0 Å². The first-order chi connectivity index (χ1) is 9.47. The van der Waals surface area contributed by atoms with Gasteiger partial charge in [-0.05, 0) is 22.0 Å². The fourth-order valence-electron chi connectivity index (χ4n) is 2.95. The quantitative estimate of drug-likeness (QED) is 0.617. The Balaban J connectivity index is 4.02. The number of hydrogen-bond donors (Lipinski definition) is 0. The van der Waals surface area contributed by atoms with E-state index in [1.165, 1.54) is 11.1 Å². The number of rotatable bonds is 0. The molecule has 1 heterocycles. The first-order valence-electron chi connectivity index (χ1n) is 8.40. The third kappa shape index (κ3) is 3.88. The standard InChI is InChI=1S/C20H36N2/c1-17(2,3)13-14(18(4,5)6)16(20(10,11)12)22-21-15(13)19(7,8)9/h1-12H3. The van der Waals surface area contributed by atoms with Crippen LogP contribution in [0.2, 0.25) is 0 Å². The van der Waals surface area contributed by atoms with Crippen LogP contribution in [0, 0.1) is 0 Å². The van der Waals surface area contributed by atoms with Crippen molar-refractivity contribution in [1.82, 2.24) is 10.2 Å². The SMILES string of the molecule is CC(C)(C)c1nnc(C(C)(C)C)c(C(C)(C)C)c1C(C)(C)C. The van der Waals surface area contributed by atoms with Crippen LogP contribution in [-0.4, -0.2) is 10.2 Å². The minimum atomic E-state index is -0.00791. The molecule has 0 radical (unpaired) electrons. The molecule has 0 saturated heterocycles. The molecule has 0 bridgehead atoms. The monoisotopic (exact) mass is 304 g/mol. The first kappa shape index (κ1) is 19.1. The van der Waals surface area contributed by atoms with E-state index in [2.05, 4.69) is 83.1 Å². The maximum absolute atomic E-state index is 4.71. The lowest BCUT2D eigenvalue weighted by Gasteiger charge is -2.38. The third-order valence-corrected chi connectivity index (χ3v) is 3.89. The molecular formula is C20H36N2. The van der Waals surface area contributed by atoms with Crippen molar-refractivity contribution < 1.29 is 0 Å². The van der Waals surface area contributed by atoms with Crippen molar-refractivity contribution in [2.75, 3.05) is 0 Å². The maximum atomic E-state index is 4.71. The summed E-state index contributed by atoms with van der Waals surface area (Å²) in [5.74, 6) is 0. The fraction of sp³-hybridized carbons (Fsp3) is 0.800. The number of nitrogens with zero attached hydrogens (tertiary/aromatic N) is 2. The van der Waals surface area contributed by atoms with Crippen LogP contribution in [-0.2, 0) is 21.7 Å². The van der Waals surface area contributed by atoms with Gasteiger partial charge in [-0.3, -0.25) is 0 Å². The van der Waals surface area contributed by atoms with E-state index in [4.69, 9.17) is 10.2 Å². The highest BCUT2D eigenvalue weighted by Gasteiger charge is 2.37. The molecule has 1 rings (SSSR count). The van der Waals surface area contributed by atoms with E-state index < -0.39 is 0 Å². The second kappa shape index (κ2) is 5.32.